The number of rotatable bonds is 7. The first-order valence-electron chi connectivity index (χ1n) is 5.54. The number of hydrogen-bond acceptors (Lipinski definition) is 3. The van der Waals surface area contributed by atoms with Crippen molar-refractivity contribution in [3.63, 3.8) is 0 Å². The highest BCUT2D eigenvalue weighted by atomic mass is 16.5. The molecular formula is C13H18O3. The molecule has 0 saturated heterocycles. The van der Waals surface area contributed by atoms with E-state index in [0.717, 1.165) is 12.8 Å². The van der Waals surface area contributed by atoms with Crippen molar-refractivity contribution in [2.24, 2.45) is 0 Å². The van der Waals surface area contributed by atoms with Crippen LogP contribution in [0, 0.1) is 0 Å². The molecule has 3 heteroatoms. The molecule has 0 radical (unpaired) electrons. The molecule has 0 aliphatic heterocycles. The zero-order valence-electron chi connectivity index (χ0n) is 9.65. The molecule has 0 fully saturated rings. The first-order chi connectivity index (χ1) is 7.79. The zero-order valence-corrected chi connectivity index (χ0v) is 9.65. The van der Waals surface area contributed by atoms with Crippen LogP contribution < -0.4 is 0 Å². The van der Waals surface area contributed by atoms with Gasteiger partial charge >= 0.3 is 5.97 Å². The van der Waals surface area contributed by atoms with Gasteiger partial charge in [0, 0.05) is 13.5 Å². The number of unbranched alkanes of at least 4 members (excludes halogenated alkanes) is 1. The lowest BCUT2D eigenvalue weighted by Crippen LogP contribution is -2.02. The monoisotopic (exact) mass is 222 g/mol. The number of carbonyl (C=O) groups is 1. The predicted octanol–water partition coefficient (Wildman–Crippen LogP) is 2.55. The molecule has 0 saturated carbocycles. The third-order valence-electron chi connectivity index (χ3n) is 2.10. The molecule has 0 spiro atoms. The standard InChI is InChI=1S/C13H18O3/c1-12(14)16-10-6-5-9-15-11-13-7-3-2-4-8-13/h2-4,7-8H,5-6,9-11H2,1H3. The highest BCUT2D eigenvalue weighted by Crippen LogP contribution is 2.01. The van der Waals surface area contributed by atoms with Crippen LogP contribution in [0.15, 0.2) is 30.3 Å². The molecule has 0 unspecified atom stereocenters. The van der Waals surface area contributed by atoms with Crippen molar-refractivity contribution in [3.05, 3.63) is 35.9 Å². The van der Waals surface area contributed by atoms with Gasteiger partial charge in [-0.15, -0.1) is 0 Å². The van der Waals surface area contributed by atoms with Crippen molar-refractivity contribution in [2.45, 2.75) is 26.4 Å². The highest BCUT2D eigenvalue weighted by molar-refractivity contribution is 5.65. The van der Waals surface area contributed by atoms with E-state index >= 15 is 0 Å². The van der Waals surface area contributed by atoms with Gasteiger partial charge in [0.15, 0.2) is 0 Å². The van der Waals surface area contributed by atoms with Gasteiger partial charge in [-0.1, -0.05) is 30.3 Å². The SMILES string of the molecule is CC(=O)OCCCCOCc1ccccc1. The van der Waals surface area contributed by atoms with Gasteiger partial charge < -0.3 is 9.47 Å². The van der Waals surface area contributed by atoms with E-state index < -0.39 is 0 Å². The van der Waals surface area contributed by atoms with E-state index in [0.29, 0.717) is 19.8 Å². The molecule has 0 bridgehead atoms. The highest BCUT2D eigenvalue weighted by Gasteiger charge is 1.94. The summed E-state index contributed by atoms with van der Waals surface area (Å²) in [5.41, 5.74) is 1.18. The summed E-state index contributed by atoms with van der Waals surface area (Å²) in [6, 6.07) is 10.1. The Labute approximate surface area is 96.4 Å². The van der Waals surface area contributed by atoms with Gasteiger partial charge in [0.05, 0.1) is 13.2 Å². The Bertz CT molecular complexity index is 295. The fourth-order valence-corrected chi connectivity index (χ4v) is 1.29. The molecule has 1 aromatic rings. The fraction of sp³-hybridized carbons (Fsp3) is 0.462. The van der Waals surface area contributed by atoms with Crippen molar-refractivity contribution in [2.75, 3.05) is 13.2 Å². The van der Waals surface area contributed by atoms with Crippen molar-refractivity contribution in [1.82, 2.24) is 0 Å². The van der Waals surface area contributed by atoms with Gasteiger partial charge in [-0.25, -0.2) is 0 Å². The Balaban J connectivity index is 1.94. The minimum Gasteiger partial charge on any atom is -0.466 e. The van der Waals surface area contributed by atoms with Crippen LogP contribution in [0.1, 0.15) is 25.3 Å². The lowest BCUT2D eigenvalue weighted by atomic mass is 10.2. The van der Waals surface area contributed by atoms with Crippen LogP contribution in [0.2, 0.25) is 0 Å². The number of esters is 1. The Morgan fingerprint density at radius 2 is 1.81 bits per heavy atom. The molecule has 0 atom stereocenters. The second-order valence-corrected chi connectivity index (χ2v) is 3.59. The third kappa shape index (κ3) is 6.19. The van der Waals surface area contributed by atoms with Crippen molar-refractivity contribution < 1.29 is 14.3 Å². The van der Waals surface area contributed by atoms with Gasteiger partial charge in [0.25, 0.3) is 0 Å². The van der Waals surface area contributed by atoms with Crippen LogP contribution in [0.25, 0.3) is 0 Å². The number of carbonyl (C=O) groups excluding carboxylic acids is 1. The summed E-state index contributed by atoms with van der Waals surface area (Å²) < 4.78 is 10.3. The molecule has 0 N–H and O–H groups in total. The van der Waals surface area contributed by atoms with E-state index in [2.05, 4.69) is 0 Å². The van der Waals surface area contributed by atoms with E-state index in [1.807, 2.05) is 30.3 Å². The van der Waals surface area contributed by atoms with Crippen LogP contribution in [-0.2, 0) is 20.9 Å². The molecule has 1 rings (SSSR count). The van der Waals surface area contributed by atoms with Gasteiger partial charge in [0.2, 0.25) is 0 Å². The van der Waals surface area contributed by atoms with Crippen molar-refractivity contribution in [3.8, 4) is 0 Å². The molecule has 0 aliphatic rings. The van der Waals surface area contributed by atoms with Gasteiger partial charge in [-0.2, -0.15) is 0 Å². The topological polar surface area (TPSA) is 35.5 Å². The summed E-state index contributed by atoms with van der Waals surface area (Å²) in [5, 5.41) is 0. The summed E-state index contributed by atoms with van der Waals surface area (Å²) in [6.45, 7) is 3.26. The normalized spacial score (nSPS) is 10.1. The summed E-state index contributed by atoms with van der Waals surface area (Å²) in [5.74, 6) is -0.217. The first-order valence-corrected chi connectivity index (χ1v) is 5.54. The largest absolute Gasteiger partial charge is 0.466 e. The molecule has 0 aliphatic carbocycles. The van der Waals surface area contributed by atoms with Gasteiger partial charge in [-0.05, 0) is 18.4 Å². The fourth-order valence-electron chi connectivity index (χ4n) is 1.29. The number of benzene rings is 1. The van der Waals surface area contributed by atoms with E-state index in [1.165, 1.54) is 12.5 Å². The van der Waals surface area contributed by atoms with Gasteiger partial charge in [-0.3, -0.25) is 4.79 Å². The average molecular weight is 222 g/mol. The van der Waals surface area contributed by atoms with Crippen LogP contribution in [0.3, 0.4) is 0 Å². The second-order valence-electron chi connectivity index (χ2n) is 3.59. The average Bonchev–Trinajstić information content (AvgIpc) is 2.29. The van der Waals surface area contributed by atoms with Crippen molar-refractivity contribution >= 4 is 5.97 Å². The lowest BCUT2D eigenvalue weighted by molar-refractivity contribution is -0.141. The predicted molar refractivity (Wildman–Crippen MR) is 62.0 cm³/mol. The Morgan fingerprint density at radius 1 is 1.12 bits per heavy atom. The molecule has 88 valence electrons. The van der Waals surface area contributed by atoms with Crippen molar-refractivity contribution in [1.29, 1.82) is 0 Å². The molecule has 0 aromatic heterocycles. The first kappa shape index (κ1) is 12.7. The smallest absolute Gasteiger partial charge is 0.302 e. The zero-order chi connectivity index (χ0) is 11.6. The maximum atomic E-state index is 10.5. The summed E-state index contributed by atoms with van der Waals surface area (Å²) in [6.07, 6.45) is 1.77. The van der Waals surface area contributed by atoms with Crippen LogP contribution >= 0.6 is 0 Å². The summed E-state index contributed by atoms with van der Waals surface area (Å²) >= 11 is 0. The third-order valence-corrected chi connectivity index (χ3v) is 2.10. The lowest BCUT2D eigenvalue weighted by Gasteiger charge is -2.04. The quantitative estimate of drug-likeness (QED) is 0.525. The second kappa shape index (κ2) is 7.88. The Kier molecular flexibility index (Phi) is 6.26. The Morgan fingerprint density at radius 3 is 2.50 bits per heavy atom. The van der Waals surface area contributed by atoms with Crippen LogP contribution in [0.5, 0.6) is 0 Å². The Hall–Kier alpha value is -1.35. The molecular weight excluding hydrogens is 204 g/mol. The minimum absolute atomic E-state index is 0.217. The van der Waals surface area contributed by atoms with Crippen LogP contribution in [-0.4, -0.2) is 19.2 Å². The molecule has 0 amide bonds. The summed E-state index contributed by atoms with van der Waals surface area (Å²) in [7, 11) is 0. The van der Waals surface area contributed by atoms with E-state index in [1.54, 1.807) is 0 Å². The maximum Gasteiger partial charge on any atom is 0.302 e. The minimum atomic E-state index is -0.217. The molecule has 16 heavy (non-hydrogen) atoms. The van der Waals surface area contributed by atoms with Gasteiger partial charge in [0.1, 0.15) is 0 Å². The molecule has 1 aromatic carbocycles. The maximum absolute atomic E-state index is 10.5. The van der Waals surface area contributed by atoms with E-state index in [4.69, 9.17) is 9.47 Å². The summed E-state index contributed by atoms with van der Waals surface area (Å²) in [4.78, 5) is 10.5. The van der Waals surface area contributed by atoms with E-state index in [9.17, 15) is 4.79 Å². The van der Waals surface area contributed by atoms with E-state index in [-0.39, 0.29) is 5.97 Å². The number of ether oxygens (including phenoxy) is 2. The molecule has 3 nitrogen and oxygen atoms in total. The van der Waals surface area contributed by atoms with Crippen LogP contribution in [0.4, 0.5) is 0 Å². The number of hydrogen-bond donors (Lipinski definition) is 0. The molecule has 0 heterocycles.